The molecular weight excluding hydrogens is 271 g/mol. The van der Waals surface area contributed by atoms with Crippen LogP contribution in [0.5, 0.6) is 0 Å². The van der Waals surface area contributed by atoms with E-state index in [1.807, 2.05) is 0 Å². The van der Waals surface area contributed by atoms with Crippen molar-refractivity contribution in [3.05, 3.63) is 0 Å². The number of urea groups is 1. The van der Waals surface area contributed by atoms with Gasteiger partial charge in [-0.2, -0.15) is 13.2 Å². The molecule has 2 amide bonds. The molecular formula is C13H22F3N3O. The quantitative estimate of drug-likeness (QED) is 0.731. The van der Waals surface area contributed by atoms with Gasteiger partial charge in [0.15, 0.2) is 0 Å². The molecule has 1 heterocycles. The molecule has 0 bridgehead atoms. The van der Waals surface area contributed by atoms with Crippen LogP contribution in [0.1, 0.15) is 38.5 Å². The first-order valence-corrected chi connectivity index (χ1v) is 7.29. The minimum Gasteiger partial charge on any atom is -0.335 e. The molecule has 0 spiro atoms. The lowest BCUT2D eigenvalue weighted by molar-refractivity contribution is -0.182. The van der Waals surface area contributed by atoms with Crippen molar-refractivity contribution >= 4 is 6.03 Å². The van der Waals surface area contributed by atoms with E-state index < -0.39 is 12.1 Å². The van der Waals surface area contributed by atoms with Crippen molar-refractivity contribution in [3.63, 3.8) is 0 Å². The van der Waals surface area contributed by atoms with Crippen LogP contribution in [0.3, 0.4) is 0 Å². The van der Waals surface area contributed by atoms with Gasteiger partial charge in [0.1, 0.15) is 0 Å². The number of alkyl halides is 3. The van der Waals surface area contributed by atoms with Crippen molar-refractivity contribution in [1.82, 2.24) is 16.0 Å². The number of halogens is 3. The number of rotatable bonds is 2. The zero-order valence-corrected chi connectivity index (χ0v) is 11.4. The van der Waals surface area contributed by atoms with E-state index in [0.717, 1.165) is 25.9 Å². The lowest BCUT2D eigenvalue weighted by Crippen LogP contribution is -2.50. The second-order valence-corrected chi connectivity index (χ2v) is 5.73. The lowest BCUT2D eigenvalue weighted by Gasteiger charge is -2.31. The van der Waals surface area contributed by atoms with Gasteiger partial charge >= 0.3 is 12.2 Å². The van der Waals surface area contributed by atoms with Gasteiger partial charge in [-0.25, -0.2) is 4.79 Å². The van der Waals surface area contributed by atoms with E-state index in [4.69, 9.17) is 0 Å². The molecule has 2 fully saturated rings. The summed E-state index contributed by atoms with van der Waals surface area (Å²) in [6.45, 7) is 1.78. The molecule has 2 rings (SSSR count). The molecule has 1 saturated heterocycles. The summed E-state index contributed by atoms with van der Waals surface area (Å²) in [6.07, 6.45) is -1.26. The summed E-state index contributed by atoms with van der Waals surface area (Å²) >= 11 is 0. The van der Waals surface area contributed by atoms with Crippen molar-refractivity contribution < 1.29 is 18.0 Å². The van der Waals surface area contributed by atoms with Gasteiger partial charge in [0, 0.05) is 12.1 Å². The molecule has 116 valence electrons. The van der Waals surface area contributed by atoms with E-state index in [9.17, 15) is 18.0 Å². The molecule has 0 aromatic carbocycles. The molecule has 2 aliphatic rings. The van der Waals surface area contributed by atoms with Crippen LogP contribution in [0.25, 0.3) is 0 Å². The average molecular weight is 293 g/mol. The Hall–Kier alpha value is -0.980. The number of carbonyl (C=O) groups is 1. The van der Waals surface area contributed by atoms with Crippen LogP contribution in [0.15, 0.2) is 0 Å². The first-order chi connectivity index (χ1) is 9.45. The Bertz CT molecular complexity index is 321. The van der Waals surface area contributed by atoms with Crippen LogP contribution in [0.2, 0.25) is 0 Å². The fourth-order valence-electron chi connectivity index (χ4n) is 2.94. The zero-order chi connectivity index (χ0) is 14.6. The van der Waals surface area contributed by atoms with Crippen LogP contribution >= 0.6 is 0 Å². The highest BCUT2D eigenvalue weighted by Crippen LogP contribution is 2.37. The van der Waals surface area contributed by atoms with Gasteiger partial charge in [0.05, 0.1) is 5.92 Å². The van der Waals surface area contributed by atoms with E-state index in [1.54, 1.807) is 0 Å². The van der Waals surface area contributed by atoms with Crippen molar-refractivity contribution in [2.45, 2.75) is 56.8 Å². The van der Waals surface area contributed by atoms with E-state index >= 15 is 0 Å². The lowest BCUT2D eigenvalue weighted by atomic mass is 9.85. The highest BCUT2D eigenvalue weighted by Gasteiger charge is 2.41. The second kappa shape index (κ2) is 6.65. The maximum atomic E-state index is 12.5. The standard InChI is InChI=1S/C13H22F3N3O/c14-13(15,16)9-1-3-10(4-2-9)18-12(20)19-11-5-7-17-8-6-11/h9-11,17H,1-8H2,(H2,18,19,20). The number of amides is 2. The van der Waals surface area contributed by atoms with Crippen LogP contribution in [-0.2, 0) is 0 Å². The first-order valence-electron chi connectivity index (χ1n) is 7.29. The van der Waals surface area contributed by atoms with Crippen molar-refractivity contribution in [2.24, 2.45) is 5.92 Å². The van der Waals surface area contributed by atoms with E-state index in [1.165, 1.54) is 0 Å². The largest absolute Gasteiger partial charge is 0.391 e. The van der Waals surface area contributed by atoms with Crippen LogP contribution in [0.4, 0.5) is 18.0 Å². The number of piperidine rings is 1. The second-order valence-electron chi connectivity index (χ2n) is 5.73. The monoisotopic (exact) mass is 293 g/mol. The molecule has 7 heteroatoms. The highest BCUT2D eigenvalue weighted by molar-refractivity contribution is 5.74. The van der Waals surface area contributed by atoms with Crippen molar-refractivity contribution in [1.29, 1.82) is 0 Å². The predicted molar refractivity (Wildman–Crippen MR) is 69.4 cm³/mol. The fourth-order valence-corrected chi connectivity index (χ4v) is 2.94. The Balaban J connectivity index is 1.68. The Morgan fingerprint density at radius 3 is 1.90 bits per heavy atom. The smallest absolute Gasteiger partial charge is 0.335 e. The zero-order valence-electron chi connectivity index (χ0n) is 11.4. The van der Waals surface area contributed by atoms with Gasteiger partial charge in [0.2, 0.25) is 0 Å². The fraction of sp³-hybridized carbons (Fsp3) is 0.923. The van der Waals surface area contributed by atoms with Gasteiger partial charge in [0.25, 0.3) is 0 Å². The molecule has 0 radical (unpaired) electrons. The van der Waals surface area contributed by atoms with E-state index in [-0.39, 0.29) is 31.0 Å². The van der Waals surface area contributed by atoms with Gasteiger partial charge in [-0.15, -0.1) is 0 Å². The summed E-state index contributed by atoms with van der Waals surface area (Å²) < 4.78 is 37.6. The van der Waals surface area contributed by atoms with Crippen LogP contribution in [0, 0.1) is 5.92 Å². The molecule has 1 saturated carbocycles. The molecule has 3 N–H and O–H groups in total. The summed E-state index contributed by atoms with van der Waals surface area (Å²) in [5.74, 6) is -1.20. The van der Waals surface area contributed by atoms with Crippen LogP contribution < -0.4 is 16.0 Å². The molecule has 20 heavy (non-hydrogen) atoms. The minimum absolute atomic E-state index is 0.113. The van der Waals surface area contributed by atoms with Crippen molar-refractivity contribution in [3.8, 4) is 0 Å². The summed E-state index contributed by atoms with van der Waals surface area (Å²) in [6, 6.07) is -0.203. The molecule has 4 nitrogen and oxygen atoms in total. The normalized spacial score (nSPS) is 28.9. The first kappa shape index (κ1) is 15.4. The van der Waals surface area contributed by atoms with E-state index in [2.05, 4.69) is 16.0 Å². The topological polar surface area (TPSA) is 53.2 Å². The summed E-state index contributed by atoms with van der Waals surface area (Å²) in [7, 11) is 0. The Labute approximate surface area is 116 Å². The minimum atomic E-state index is -4.09. The molecule has 1 aliphatic heterocycles. The number of hydrogen-bond donors (Lipinski definition) is 3. The number of hydrogen-bond acceptors (Lipinski definition) is 2. The van der Waals surface area contributed by atoms with Gasteiger partial charge in [-0.05, 0) is 51.6 Å². The Morgan fingerprint density at radius 2 is 1.40 bits per heavy atom. The molecule has 0 aromatic heterocycles. The molecule has 0 atom stereocenters. The van der Waals surface area contributed by atoms with Gasteiger partial charge < -0.3 is 16.0 Å². The summed E-state index contributed by atoms with van der Waals surface area (Å²) in [4.78, 5) is 11.8. The highest BCUT2D eigenvalue weighted by atomic mass is 19.4. The van der Waals surface area contributed by atoms with Gasteiger partial charge in [-0.3, -0.25) is 0 Å². The van der Waals surface area contributed by atoms with Gasteiger partial charge in [-0.1, -0.05) is 0 Å². The average Bonchev–Trinajstić information content (AvgIpc) is 2.39. The Morgan fingerprint density at radius 1 is 0.900 bits per heavy atom. The molecule has 0 aromatic rings. The molecule has 1 aliphatic carbocycles. The summed E-state index contributed by atoms with van der Waals surface area (Å²) in [5, 5.41) is 8.91. The third-order valence-electron chi connectivity index (χ3n) is 4.20. The SMILES string of the molecule is O=C(NC1CCNCC1)NC1CCC(C(F)(F)F)CC1. The number of nitrogens with one attached hydrogen (secondary N) is 3. The predicted octanol–water partition coefficient (Wildman–Crippen LogP) is 2.16. The van der Waals surface area contributed by atoms with Crippen molar-refractivity contribution in [2.75, 3.05) is 13.1 Å². The third-order valence-corrected chi connectivity index (χ3v) is 4.20. The molecule has 0 unspecified atom stereocenters. The maximum Gasteiger partial charge on any atom is 0.391 e. The van der Waals surface area contributed by atoms with Crippen LogP contribution in [-0.4, -0.2) is 37.4 Å². The Kier molecular flexibility index (Phi) is 5.12. The third kappa shape index (κ3) is 4.54. The number of carbonyl (C=O) groups excluding carboxylic acids is 1. The summed E-state index contributed by atoms with van der Waals surface area (Å²) in [5.41, 5.74) is 0. The van der Waals surface area contributed by atoms with E-state index in [0.29, 0.717) is 12.8 Å². The maximum absolute atomic E-state index is 12.5.